The lowest BCUT2D eigenvalue weighted by molar-refractivity contribution is 0.0931. The Kier molecular flexibility index (Phi) is 5.51. The van der Waals surface area contributed by atoms with Crippen molar-refractivity contribution in [3.8, 4) is 0 Å². The molecule has 0 radical (unpaired) electrons. The van der Waals surface area contributed by atoms with Crippen LogP contribution in [0, 0.1) is 31.4 Å². The Balaban J connectivity index is 1.62. The molecule has 1 fully saturated rings. The van der Waals surface area contributed by atoms with Crippen molar-refractivity contribution in [1.29, 1.82) is 0 Å². The van der Waals surface area contributed by atoms with E-state index < -0.39 is 17.3 Å². The molecule has 2 aromatic heterocycles. The number of aromatic nitrogens is 2. The number of benzene rings is 2. The fourth-order valence-corrected chi connectivity index (χ4v) is 4.51. The number of carbonyl (C=O) groups excluding carboxylic acids is 1. The first-order valence-corrected chi connectivity index (χ1v) is 11.1. The zero-order valence-corrected chi connectivity index (χ0v) is 18.8. The van der Waals surface area contributed by atoms with Gasteiger partial charge in [0, 0.05) is 17.1 Å². The summed E-state index contributed by atoms with van der Waals surface area (Å²) in [6.45, 7) is 3.41. The number of hydrogen-bond acceptors (Lipinski definition) is 4. The maximum absolute atomic E-state index is 14.8. The molecule has 1 amide bonds. The Bertz CT molecular complexity index is 1470. The first kappa shape index (κ1) is 22.0. The topological polar surface area (TPSA) is 77.1 Å². The van der Waals surface area contributed by atoms with Gasteiger partial charge in [0.2, 0.25) is 0 Å². The van der Waals surface area contributed by atoms with Gasteiger partial charge in [-0.2, -0.15) is 0 Å². The van der Waals surface area contributed by atoms with Crippen molar-refractivity contribution in [3.63, 3.8) is 0 Å². The molecule has 0 bridgehead atoms. The van der Waals surface area contributed by atoms with Crippen LogP contribution in [0.25, 0.3) is 10.8 Å². The number of rotatable bonds is 6. The van der Waals surface area contributed by atoms with E-state index in [0.29, 0.717) is 22.7 Å². The zero-order valence-electron chi connectivity index (χ0n) is 18.8. The van der Waals surface area contributed by atoms with E-state index >= 15 is 0 Å². The Morgan fingerprint density at radius 3 is 2.62 bits per heavy atom. The molecule has 0 saturated heterocycles. The predicted octanol–water partition coefficient (Wildman–Crippen LogP) is 4.81. The highest BCUT2D eigenvalue weighted by molar-refractivity contribution is 6.08. The van der Waals surface area contributed by atoms with E-state index in [-0.39, 0.29) is 40.7 Å². The summed E-state index contributed by atoms with van der Waals surface area (Å²) in [4.78, 5) is 26.9. The summed E-state index contributed by atoms with van der Waals surface area (Å²) >= 11 is 0. The lowest BCUT2D eigenvalue weighted by atomic mass is 9.99. The molecule has 6 nitrogen and oxygen atoms in total. The second-order valence-electron chi connectivity index (χ2n) is 8.79. The number of fused-ring (bicyclic) bond motifs is 1. The van der Waals surface area contributed by atoms with Gasteiger partial charge in [-0.15, -0.1) is 0 Å². The minimum absolute atomic E-state index is 0.00596. The normalized spacial score (nSPS) is 14.4. The van der Waals surface area contributed by atoms with Crippen LogP contribution in [0.5, 0.6) is 0 Å². The molecule has 0 aliphatic heterocycles. The number of halogens is 2. The summed E-state index contributed by atoms with van der Waals surface area (Å²) in [5, 5.41) is 6.94. The van der Waals surface area contributed by atoms with Crippen molar-refractivity contribution in [2.75, 3.05) is 0 Å². The molecule has 34 heavy (non-hydrogen) atoms. The third-order valence-corrected chi connectivity index (χ3v) is 6.31. The van der Waals surface area contributed by atoms with Gasteiger partial charge < -0.3 is 14.4 Å². The van der Waals surface area contributed by atoms with Gasteiger partial charge in [-0.25, -0.2) is 8.78 Å². The number of amides is 1. The fraction of sp³-hybridized carbons (Fsp3) is 0.269. The molecule has 1 aliphatic rings. The van der Waals surface area contributed by atoms with Crippen LogP contribution in [0.4, 0.5) is 8.78 Å². The average molecular weight is 463 g/mol. The van der Waals surface area contributed by atoms with Crippen LogP contribution in [0.2, 0.25) is 0 Å². The first-order valence-electron chi connectivity index (χ1n) is 11.1. The molecule has 4 aromatic rings. The van der Waals surface area contributed by atoms with Gasteiger partial charge in [0.15, 0.2) is 5.76 Å². The molecule has 0 spiro atoms. The summed E-state index contributed by atoms with van der Waals surface area (Å²) in [5.74, 6) is -0.922. The van der Waals surface area contributed by atoms with Crippen molar-refractivity contribution >= 4 is 16.7 Å². The van der Waals surface area contributed by atoms with Crippen LogP contribution < -0.4 is 10.9 Å². The molecular formula is C26H23F2N3O3. The number of aryl methyl sites for hydroxylation is 1. The molecule has 1 atom stereocenters. The molecule has 5 rings (SSSR count). The number of nitrogens with one attached hydrogen (secondary N) is 1. The summed E-state index contributed by atoms with van der Waals surface area (Å²) in [6.07, 6.45) is 1.83. The molecule has 174 valence electrons. The van der Waals surface area contributed by atoms with E-state index in [1.807, 2.05) is 0 Å². The third kappa shape index (κ3) is 4.00. The standard InChI is InChI=1S/C26H23F2N3O3/c1-14-11-19(34-30-14)13-31-15(2)22(20-7-4-8-21(28)23(20)26(31)33)25(32)29-24(16-9-10-16)17-5-3-6-18(27)12-17/h3-8,11-12,16,24H,9-10,13H2,1-2H3,(H,29,32)/t24-/m0/s1. The molecule has 1 N–H and O–H groups in total. The van der Waals surface area contributed by atoms with Crippen molar-refractivity contribution < 1.29 is 18.1 Å². The summed E-state index contributed by atoms with van der Waals surface area (Å²) in [7, 11) is 0. The minimum Gasteiger partial charge on any atom is -0.359 e. The van der Waals surface area contributed by atoms with E-state index in [0.717, 1.165) is 12.8 Å². The number of carbonyl (C=O) groups is 1. The highest BCUT2D eigenvalue weighted by Gasteiger charge is 2.34. The predicted molar refractivity (Wildman–Crippen MR) is 123 cm³/mol. The monoisotopic (exact) mass is 463 g/mol. The molecule has 1 saturated carbocycles. The van der Waals surface area contributed by atoms with Gasteiger partial charge >= 0.3 is 0 Å². The third-order valence-electron chi connectivity index (χ3n) is 6.31. The van der Waals surface area contributed by atoms with Gasteiger partial charge in [0.05, 0.1) is 29.2 Å². The van der Waals surface area contributed by atoms with Crippen molar-refractivity contribution in [2.24, 2.45) is 5.92 Å². The molecule has 8 heteroatoms. The van der Waals surface area contributed by atoms with Crippen LogP contribution in [-0.2, 0) is 6.54 Å². The van der Waals surface area contributed by atoms with Gasteiger partial charge in [0.1, 0.15) is 11.6 Å². The number of hydrogen-bond donors (Lipinski definition) is 1. The lowest BCUT2D eigenvalue weighted by Gasteiger charge is -2.22. The summed E-state index contributed by atoms with van der Waals surface area (Å²) in [6, 6.07) is 11.7. The minimum atomic E-state index is -0.706. The number of nitrogens with zero attached hydrogens (tertiary/aromatic N) is 2. The van der Waals surface area contributed by atoms with Crippen LogP contribution in [-0.4, -0.2) is 15.6 Å². The second-order valence-corrected chi connectivity index (χ2v) is 8.79. The SMILES string of the molecule is Cc1cc(Cn2c(C)c(C(=O)N[C@H](c3cccc(F)c3)C3CC3)c3cccc(F)c3c2=O)on1. The van der Waals surface area contributed by atoms with Gasteiger partial charge in [0.25, 0.3) is 11.5 Å². The van der Waals surface area contributed by atoms with E-state index in [4.69, 9.17) is 4.52 Å². The molecular weight excluding hydrogens is 440 g/mol. The molecule has 0 unspecified atom stereocenters. The molecule has 1 aliphatic carbocycles. The molecule has 2 aromatic carbocycles. The fourth-order valence-electron chi connectivity index (χ4n) is 4.51. The van der Waals surface area contributed by atoms with Crippen molar-refractivity contribution in [1.82, 2.24) is 15.0 Å². The quantitative estimate of drug-likeness (QED) is 0.445. The van der Waals surface area contributed by atoms with Crippen molar-refractivity contribution in [2.45, 2.75) is 39.3 Å². The van der Waals surface area contributed by atoms with Gasteiger partial charge in [-0.3, -0.25) is 9.59 Å². The average Bonchev–Trinajstić information content (AvgIpc) is 3.56. The van der Waals surface area contributed by atoms with Gasteiger partial charge in [-0.05, 0) is 56.4 Å². The summed E-state index contributed by atoms with van der Waals surface area (Å²) in [5.41, 5.74) is 1.35. The lowest BCUT2D eigenvalue weighted by Crippen LogP contribution is -2.34. The first-order chi connectivity index (χ1) is 16.3. The van der Waals surface area contributed by atoms with Crippen LogP contribution in [0.1, 0.15) is 52.0 Å². The largest absolute Gasteiger partial charge is 0.359 e. The Hall–Kier alpha value is -3.81. The molecule has 2 heterocycles. The second kappa shape index (κ2) is 8.52. The van der Waals surface area contributed by atoms with Crippen LogP contribution in [0.15, 0.2) is 57.8 Å². The van der Waals surface area contributed by atoms with Crippen LogP contribution in [0.3, 0.4) is 0 Å². The highest BCUT2D eigenvalue weighted by Crippen LogP contribution is 2.41. The van der Waals surface area contributed by atoms with Crippen molar-refractivity contribution in [3.05, 3.63) is 98.8 Å². The van der Waals surface area contributed by atoms with E-state index in [2.05, 4.69) is 10.5 Å². The van der Waals surface area contributed by atoms with Crippen LogP contribution >= 0.6 is 0 Å². The Morgan fingerprint density at radius 1 is 1.18 bits per heavy atom. The van der Waals surface area contributed by atoms with Gasteiger partial charge in [-0.1, -0.05) is 29.4 Å². The van der Waals surface area contributed by atoms with E-state index in [1.165, 1.54) is 28.8 Å². The maximum atomic E-state index is 14.8. The Labute approximate surface area is 194 Å². The zero-order chi connectivity index (χ0) is 24.0. The number of pyridine rings is 1. The van der Waals surface area contributed by atoms with E-state index in [1.54, 1.807) is 38.1 Å². The smallest absolute Gasteiger partial charge is 0.262 e. The highest BCUT2D eigenvalue weighted by atomic mass is 19.1. The maximum Gasteiger partial charge on any atom is 0.262 e. The van der Waals surface area contributed by atoms with E-state index in [9.17, 15) is 18.4 Å². The Morgan fingerprint density at radius 2 is 1.94 bits per heavy atom. The summed E-state index contributed by atoms with van der Waals surface area (Å²) < 4.78 is 35.3.